The Morgan fingerprint density at radius 3 is 2.72 bits per heavy atom. The SMILES string of the molecule is CCNC(=O)CNC(=O)c1cccc(CSC)c1. The van der Waals surface area contributed by atoms with Crippen molar-refractivity contribution in [3.05, 3.63) is 35.4 Å². The normalized spacial score (nSPS) is 9.89. The van der Waals surface area contributed by atoms with E-state index < -0.39 is 0 Å². The van der Waals surface area contributed by atoms with E-state index in [1.165, 1.54) is 0 Å². The van der Waals surface area contributed by atoms with Gasteiger partial charge in [0.1, 0.15) is 0 Å². The summed E-state index contributed by atoms with van der Waals surface area (Å²) >= 11 is 1.70. The summed E-state index contributed by atoms with van der Waals surface area (Å²) in [6, 6.07) is 7.43. The van der Waals surface area contributed by atoms with Crippen LogP contribution in [-0.4, -0.2) is 31.2 Å². The minimum atomic E-state index is -0.218. The van der Waals surface area contributed by atoms with Gasteiger partial charge in [-0.15, -0.1) is 0 Å². The Hall–Kier alpha value is -1.49. The van der Waals surface area contributed by atoms with E-state index in [0.29, 0.717) is 12.1 Å². The molecular weight excluding hydrogens is 248 g/mol. The highest BCUT2D eigenvalue weighted by Gasteiger charge is 2.07. The molecule has 98 valence electrons. The van der Waals surface area contributed by atoms with Crippen molar-refractivity contribution in [3.8, 4) is 0 Å². The van der Waals surface area contributed by atoms with Crippen molar-refractivity contribution in [1.82, 2.24) is 10.6 Å². The van der Waals surface area contributed by atoms with Crippen LogP contribution in [0.4, 0.5) is 0 Å². The smallest absolute Gasteiger partial charge is 0.251 e. The summed E-state index contributed by atoms with van der Waals surface area (Å²) in [7, 11) is 0. The van der Waals surface area contributed by atoms with Crippen molar-refractivity contribution in [2.24, 2.45) is 0 Å². The Labute approximate surface area is 112 Å². The standard InChI is InChI=1S/C13H18N2O2S/c1-3-14-12(16)8-15-13(17)11-6-4-5-10(7-11)9-18-2/h4-7H,3,8-9H2,1-2H3,(H,14,16)(H,15,17). The molecular formula is C13H18N2O2S. The monoisotopic (exact) mass is 266 g/mol. The van der Waals surface area contributed by atoms with Gasteiger partial charge < -0.3 is 10.6 Å². The molecule has 0 bridgehead atoms. The van der Waals surface area contributed by atoms with E-state index in [9.17, 15) is 9.59 Å². The zero-order chi connectivity index (χ0) is 13.4. The number of benzene rings is 1. The molecule has 0 aliphatic heterocycles. The highest BCUT2D eigenvalue weighted by molar-refractivity contribution is 7.97. The Morgan fingerprint density at radius 1 is 1.28 bits per heavy atom. The molecule has 0 unspecified atom stereocenters. The molecule has 0 saturated heterocycles. The van der Waals surface area contributed by atoms with Crippen LogP contribution in [0.1, 0.15) is 22.8 Å². The van der Waals surface area contributed by atoms with Crippen LogP contribution in [0, 0.1) is 0 Å². The second kappa shape index (κ2) is 7.76. The maximum Gasteiger partial charge on any atom is 0.251 e. The van der Waals surface area contributed by atoms with E-state index in [4.69, 9.17) is 0 Å². The van der Waals surface area contributed by atoms with Crippen molar-refractivity contribution in [2.45, 2.75) is 12.7 Å². The number of thioether (sulfide) groups is 1. The third-order valence-corrected chi connectivity index (χ3v) is 2.91. The Kier molecular flexibility index (Phi) is 6.28. The third kappa shape index (κ3) is 4.79. The van der Waals surface area contributed by atoms with Gasteiger partial charge >= 0.3 is 0 Å². The van der Waals surface area contributed by atoms with Crippen LogP contribution in [0.2, 0.25) is 0 Å². The lowest BCUT2D eigenvalue weighted by Gasteiger charge is -2.06. The van der Waals surface area contributed by atoms with E-state index in [1.54, 1.807) is 17.8 Å². The summed E-state index contributed by atoms with van der Waals surface area (Å²) in [5.41, 5.74) is 1.69. The fourth-order valence-corrected chi connectivity index (χ4v) is 2.00. The molecule has 4 nitrogen and oxygen atoms in total. The highest BCUT2D eigenvalue weighted by atomic mass is 32.2. The zero-order valence-electron chi connectivity index (χ0n) is 10.7. The van der Waals surface area contributed by atoms with E-state index in [1.807, 2.05) is 31.4 Å². The first kappa shape index (κ1) is 14.6. The van der Waals surface area contributed by atoms with Crippen molar-refractivity contribution in [3.63, 3.8) is 0 Å². The number of carbonyl (C=O) groups is 2. The van der Waals surface area contributed by atoms with Crippen LogP contribution >= 0.6 is 11.8 Å². The van der Waals surface area contributed by atoms with Gasteiger partial charge in [-0.05, 0) is 30.9 Å². The quantitative estimate of drug-likeness (QED) is 0.818. The number of rotatable bonds is 6. The van der Waals surface area contributed by atoms with Crippen LogP contribution in [0.3, 0.4) is 0 Å². The lowest BCUT2D eigenvalue weighted by molar-refractivity contribution is -0.120. The third-order valence-electron chi connectivity index (χ3n) is 2.28. The molecule has 1 aromatic rings. The van der Waals surface area contributed by atoms with Gasteiger partial charge in [-0.1, -0.05) is 12.1 Å². The topological polar surface area (TPSA) is 58.2 Å². The zero-order valence-corrected chi connectivity index (χ0v) is 11.5. The minimum Gasteiger partial charge on any atom is -0.355 e. The molecule has 2 amide bonds. The van der Waals surface area contributed by atoms with Crippen LogP contribution in [0.5, 0.6) is 0 Å². The molecule has 0 aliphatic carbocycles. The fourth-order valence-electron chi connectivity index (χ4n) is 1.49. The summed E-state index contributed by atoms with van der Waals surface area (Å²) in [5.74, 6) is 0.479. The van der Waals surface area contributed by atoms with Gasteiger partial charge in [-0.25, -0.2) is 0 Å². The second-order valence-corrected chi connectivity index (χ2v) is 4.64. The molecule has 5 heteroatoms. The summed E-state index contributed by atoms with van der Waals surface area (Å²) < 4.78 is 0. The van der Waals surface area contributed by atoms with Crippen LogP contribution in [0.25, 0.3) is 0 Å². The Balaban J connectivity index is 2.55. The Bertz CT molecular complexity index is 421. The molecule has 0 saturated carbocycles. The Morgan fingerprint density at radius 2 is 2.06 bits per heavy atom. The summed E-state index contributed by atoms with van der Waals surface area (Å²) in [6.45, 7) is 2.42. The van der Waals surface area contributed by atoms with E-state index in [-0.39, 0.29) is 18.4 Å². The number of hydrogen-bond acceptors (Lipinski definition) is 3. The predicted molar refractivity (Wildman–Crippen MR) is 74.7 cm³/mol. The van der Waals surface area contributed by atoms with Gasteiger partial charge in [0.2, 0.25) is 5.91 Å². The molecule has 0 atom stereocenters. The van der Waals surface area contributed by atoms with Gasteiger partial charge in [0.05, 0.1) is 6.54 Å². The van der Waals surface area contributed by atoms with Crippen molar-refractivity contribution in [2.75, 3.05) is 19.3 Å². The largest absolute Gasteiger partial charge is 0.355 e. The summed E-state index contributed by atoms with van der Waals surface area (Å²) in [5, 5.41) is 5.22. The molecule has 1 aromatic carbocycles. The number of nitrogens with one attached hydrogen (secondary N) is 2. The summed E-state index contributed by atoms with van der Waals surface area (Å²) in [6.07, 6.45) is 2.02. The van der Waals surface area contributed by atoms with E-state index in [0.717, 1.165) is 11.3 Å². The van der Waals surface area contributed by atoms with Crippen LogP contribution in [-0.2, 0) is 10.5 Å². The molecule has 2 N–H and O–H groups in total. The van der Waals surface area contributed by atoms with Crippen molar-refractivity contribution >= 4 is 23.6 Å². The molecule has 0 aliphatic rings. The van der Waals surface area contributed by atoms with Gasteiger partial charge in [-0.2, -0.15) is 11.8 Å². The fraction of sp³-hybridized carbons (Fsp3) is 0.385. The lowest BCUT2D eigenvalue weighted by Crippen LogP contribution is -2.36. The molecule has 18 heavy (non-hydrogen) atoms. The molecule has 0 aromatic heterocycles. The number of amides is 2. The van der Waals surface area contributed by atoms with Crippen molar-refractivity contribution < 1.29 is 9.59 Å². The van der Waals surface area contributed by atoms with Gasteiger partial charge in [0, 0.05) is 17.9 Å². The number of hydrogen-bond donors (Lipinski definition) is 2. The maximum absolute atomic E-state index is 11.8. The van der Waals surface area contributed by atoms with Crippen molar-refractivity contribution in [1.29, 1.82) is 0 Å². The second-order valence-electron chi connectivity index (χ2n) is 3.77. The first-order chi connectivity index (χ1) is 8.67. The van der Waals surface area contributed by atoms with Gasteiger partial charge in [0.15, 0.2) is 0 Å². The van der Waals surface area contributed by atoms with Gasteiger partial charge in [0.25, 0.3) is 5.91 Å². The number of likely N-dealkylation sites (N-methyl/N-ethyl adjacent to an activating group) is 1. The molecule has 1 rings (SSSR count). The average Bonchev–Trinajstić information content (AvgIpc) is 2.37. The molecule has 0 fully saturated rings. The molecule has 0 heterocycles. The van der Waals surface area contributed by atoms with Crippen LogP contribution in [0.15, 0.2) is 24.3 Å². The number of carbonyl (C=O) groups excluding carboxylic acids is 2. The predicted octanol–water partition coefficient (Wildman–Crippen LogP) is 1.42. The van der Waals surface area contributed by atoms with Gasteiger partial charge in [-0.3, -0.25) is 9.59 Å². The maximum atomic E-state index is 11.8. The highest BCUT2D eigenvalue weighted by Crippen LogP contribution is 2.11. The first-order valence-corrected chi connectivity index (χ1v) is 7.19. The van der Waals surface area contributed by atoms with E-state index >= 15 is 0 Å². The molecule has 0 spiro atoms. The molecule has 0 radical (unpaired) electrons. The minimum absolute atomic E-state index is 0.0133. The average molecular weight is 266 g/mol. The summed E-state index contributed by atoms with van der Waals surface area (Å²) in [4.78, 5) is 23.0. The lowest BCUT2D eigenvalue weighted by atomic mass is 10.1. The van der Waals surface area contributed by atoms with Crippen LogP contribution < -0.4 is 10.6 Å². The first-order valence-electron chi connectivity index (χ1n) is 5.80. The van der Waals surface area contributed by atoms with E-state index in [2.05, 4.69) is 10.6 Å².